The van der Waals surface area contributed by atoms with E-state index in [1.165, 1.54) is 12.8 Å². The van der Waals surface area contributed by atoms with E-state index in [-0.39, 0.29) is 6.03 Å². The van der Waals surface area contributed by atoms with E-state index in [1.807, 2.05) is 0 Å². The van der Waals surface area contributed by atoms with Crippen LogP contribution in [0.4, 0.5) is 4.79 Å². The fourth-order valence-electron chi connectivity index (χ4n) is 1.73. The van der Waals surface area contributed by atoms with E-state index < -0.39 is 0 Å². The minimum Gasteiger partial charge on any atom is -0.335 e. The van der Waals surface area contributed by atoms with Gasteiger partial charge in [-0.3, -0.25) is 0 Å². The van der Waals surface area contributed by atoms with Crippen LogP contribution in [0.1, 0.15) is 58.8 Å². The molecule has 0 bridgehead atoms. The quantitative estimate of drug-likeness (QED) is 0.669. The average molecular weight is 212 g/mol. The van der Waals surface area contributed by atoms with Gasteiger partial charge in [0.15, 0.2) is 0 Å². The van der Waals surface area contributed by atoms with Crippen LogP contribution in [-0.2, 0) is 0 Å². The van der Waals surface area contributed by atoms with Crippen LogP contribution in [0, 0.1) is 0 Å². The van der Waals surface area contributed by atoms with E-state index in [0.717, 1.165) is 32.1 Å². The van der Waals surface area contributed by atoms with Gasteiger partial charge < -0.3 is 10.6 Å². The first kappa shape index (κ1) is 12.3. The lowest BCUT2D eigenvalue weighted by molar-refractivity contribution is 0.234. The van der Waals surface area contributed by atoms with Gasteiger partial charge in [-0.15, -0.1) is 0 Å². The summed E-state index contributed by atoms with van der Waals surface area (Å²) in [6.07, 6.45) is 8.06. The molecule has 1 aliphatic carbocycles. The Bertz CT molecular complexity index is 190. The maximum absolute atomic E-state index is 11.5. The van der Waals surface area contributed by atoms with Crippen LogP contribution in [-0.4, -0.2) is 18.1 Å². The summed E-state index contributed by atoms with van der Waals surface area (Å²) < 4.78 is 0. The van der Waals surface area contributed by atoms with Gasteiger partial charge in [0.1, 0.15) is 0 Å². The lowest BCUT2D eigenvalue weighted by atomic mass is 10.1. The molecule has 0 aromatic heterocycles. The molecule has 1 atom stereocenters. The predicted molar refractivity (Wildman–Crippen MR) is 62.9 cm³/mol. The maximum atomic E-state index is 11.5. The number of carbonyl (C=O) groups excluding carboxylic acids is 1. The molecule has 0 aliphatic heterocycles. The Morgan fingerprint density at radius 1 is 1.27 bits per heavy atom. The standard InChI is InChI=1S/C12H24N2O/c1-3-5-7-10(6-4-2)13-12(15)14-11-8-9-11/h10-11H,3-9H2,1-2H3,(H2,13,14,15). The number of unbranched alkanes of at least 4 members (excludes halogenated alkanes) is 1. The second-order valence-electron chi connectivity index (χ2n) is 4.52. The molecule has 88 valence electrons. The summed E-state index contributed by atoms with van der Waals surface area (Å²) in [5, 5.41) is 6.04. The van der Waals surface area contributed by atoms with E-state index in [0.29, 0.717) is 12.1 Å². The Morgan fingerprint density at radius 2 is 2.00 bits per heavy atom. The normalized spacial score (nSPS) is 17.2. The van der Waals surface area contributed by atoms with Crippen LogP contribution >= 0.6 is 0 Å². The second-order valence-corrected chi connectivity index (χ2v) is 4.52. The molecule has 1 saturated carbocycles. The Labute approximate surface area is 93.0 Å². The molecule has 0 aromatic carbocycles. The molecule has 1 unspecified atom stereocenters. The maximum Gasteiger partial charge on any atom is 0.315 e. The monoisotopic (exact) mass is 212 g/mol. The van der Waals surface area contributed by atoms with Gasteiger partial charge in [-0.25, -0.2) is 4.79 Å². The van der Waals surface area contributed by atoms with Crippen molar-refractivity contribution < 1.29 is 4.79 Å². The Hall–Kier alpha value is -0.730. The Balaban J connectivity index is 2.18. The summed E-state index contributed by atoms with van der Waals surface area (Å²) in [5.41, 5.74) is 0. The van der Waals surface area contributed by atoms with Gasteiger partial charge in [0.25, 0.3) is 0 Å². The molecule has 0 heterocycles. The van der Waals surface area contributed by atoms with Crippen molar-refractivity contribution in [3.05, 3.63) is 0 Å². The molecule has 2 amide bonds. The molecule has 3 heteroatoms. The lowest BCUT2D eigenvalue weighted by Gasteiger charge is -2.18. The average Bonchev–Trinajstić information content (AvgIpc) is 2.98. The van der Waals surface area contributed by atoms with E-state index >= 15 is 0 Å². The van der Waals surface area contributed by atoms with E-state index in [4.69, 9.17) is 0 Å². The van der Waals surface area contributed by atoms with E-state index in [9.17, 15) is 4.79 Å². The minimum atomic E-state index is 0.0343. The first-order valence-electron chi connectivity index (χ1n) is 6.33. The molecule has 3 nitrogen and oxygen atoms in total. The summed E-state index contributed by atoms with van der Waals surface area (Å²) in [7, 11) is 0. The molecule has 15 heavy (non-hydrogen) atoms. The fraction of sp³-hybridized carbons (Fsp3) is 0.917. The van der Waals surface area contributed by atoms with Crippen LogP contribution in [0.5, 0.6) is 0 Å². The summed E-state index contributed by atoms with van der Waals surface area (Å²) in [6, 6.07) is 0.860. The molecule has 2 N–H and O–H groups in total. The Morgan fingerprint density at radius 3 is 2.53 bits per heavy atom. The highest BCUT2D eigenvalue weighted by Crippen LogP contribution is 2.18. The third-order valence-electron chi connectivity index (χ3n) is 2.79. The van der Waals surface area contributed by atoms with Gasteiger partial charge in [-0.05, 0) is 25.7 Å². The topological polar surface area (TPSA) is 41.1 Å². The zero-order chi connectivity index (χ0) is 11.1. The van der Waals surface area contributed by atoms with Crippen molar-refractivity contribution in [3.8, 4) is 0 Å². The van der Waals surface area contributed by atoms with Crippen molar-refractivity contribution in [2.45, 2.75) is 70.9 Å². The molecule has 0 saturated heterocycles. The molecule has 0 spiro atoms. The molecule has 0 radical (unpaired) electrons. The molecular weight excluding hydrogens is 188 g/mol. The van der Waals surface area contributed by atoms with E-state index in [2.05, 4.69) is 24.5 Å². The first-order chi connectivity index (χ1) is 7.26. The molecule has 1 aliphatic rings. The molecule has 1 fully saturated rings. The Kier molecular flexibility index (Phi) is 5.51. The van der Waals surface area contributed by atoms with Gasteiger partial charge in [0, 0.05) is 12.1 Å². The summed E-state index contributed by atoms with van der Waals surface area (Å²) in [4.78, 5) is 11.5. The number of hydrogen-bond donors (Lipinski definition) is 2. The largest absolute Gasteiger partial charge is 0.335 e. The van der Waals surface area contributed by atoms with Gasteiger partial charge >= 0.3 is 6.03 Å². The highest BCUT2D eigenvalue weighted by atomic mass is 16.2. The molecular formula is C12H24N2O. The van der Waals surface area contributed by atoms with Crippen LogP contribution < -0.4 is 10.6 Å². The molecule has 1 rings (SSSR count). The van der Waals surface area contributed by atoms with Crippen LogP contribution in [0.15, 0.2) is 0 Å². The van der Waals surface area contributed by atoms with Crippen molar-refractivity contribution in [2.24, 2.45) is 0 Å². The number of rotatable bonds is 7. The van der Waals surface area contributed by atoms with Crippen molar-refractivity contribution >= 4 is 6.03 Å². The van der Waals surface area contributed by atoms with Crippen LogP contribution in [0.25, 0.3) is 0 Å². The highest BCUT2D eigenvalue weighted by molar-refractivity contribution is 5.74. The number of hydrogen-bond acceptors (Lipinski definition) is 1. The number of carbonyl (C=O) groups is 1. The summed E-state index contributed by atoms with van der Waals surface area (Å²) >= 11 is 0. The van der Waals surface area contributed by atoms with Gasteiger partial charge in [0.2, 0.25) is 0 Å². The SMILES string of the molecule is CCCCC(CCC)NC(=O)NC1CC1. The zero-order valence-electron chi connectivity index (χ0n) is 10.0. The highest BCUT2D eigenvalue weighted by Gasteiger charge is 2.23. The number of amides is 2. The zero-order valence-corrected chi connectivity index (χ0v) is 10.0. The summed E-state index contributed by atoms with van der Waals surface area (Å²) in [5.74, 6) is 0. The van der Waals surface area contributed by atoms with Crippen molar-refractivity contribution in [1.82, 2.24) is 10.6 Å². The van der Waals surface area contributed by atoms with Crippen molar-refractivity contribution in [3.63, 3.8) is 0 Å². The van der Waals surface area contributed by atoms with Gasteiger partial charge in [-0.1, -0.05) is 33.1 Å². The van der Waals surface area contributed by atoms with Crippen LogP contribution in [0.3, 0.4) is 0 Å². The van der Waals surface area contributed by atoms with Gasteiger partial charge in [-0.2, -0.15) is 0 Å². The second kappa shape index (κ2) is 6.70. The summed E-state index contributed by atoms with van der Waals surface area (Å²) in [6.45, 7) is 4.35. The first-order valence-corrected chi connectivity index (χ1v) is 6.33. The van der Waals surface area contributed by atoms with Crippen LogP contribution in [0.2, 0.25) is 0 Å². The fourth-order valence-corrected chi connectivity index (χ4v) is 1.73. The van der Waals surface area contributed by atoms with E-state index in [1.54, 1.807) is 0 Å². The predicted octanol–water partition coefficient (Wildman–Crippen LogP) is 2.81. The van der Waals surface area contributed by atoms with Crippen molar-refractivity contribution in [2.75, 3.05) is 0 Å². The smallest absolute Gasteiger partial charge is 0.315 e. The minimum absolute atomic E-state index is 0.0343. The number of urea groups is 1. The third kappa shape index (κ3) is 5.65. The molecule has 0 aromatic rings. The van der Waals surface area contributed by atoms with Crippen molar-refractivity contribution in [1.29, 1.82) is 0 Å². The number of nitrogens with one attached hydrogen (secondary N) is 2. The van der Waals surface area contributed by atoms with Gasteiger partial charge in [0.05, 0.1) is 0 Å². The lowest BCUT2D eigenvalue weighted by Crippen LogP contribution is -2.42. The third-order valence-corrected chi connectivity index (χ3v) is 2.79.